The van der Waals surface area contributed by atoms with Crippen molar-refractivity contribution in [2.24, 2.45) is 5.92 Å². The van der Waals surface area contributed by atoms with Crippen molar-refractivity contribution in [2.45, 2.75) is 45.1 Å². The Balaban J connectivity index is 2.03. The predicted octanol–water partition coefficient (Wildman–Crippen LogP) is 3.45. The van der Waals surface area contributed by atoms with E-state index in [1.54, 1.807) is 11.0 Å². The molecule has 1 aliphatic carbocycles. The van der Waals surface area contributed by atoms with Crippen LogP contribution in [0.1, 0.15) is 49.4 Å². The number of nitrogens with zero attached hydrogens (tertiary/aromatic N) is 1. The lowest BCUT2D eigenvalue weighted by atomic mass is 9.84. The fourth-order valence-electron chi connectivity index (χ4n) is 2.97. The molecule has 0 spiro atoms. The number of benzene rings is 1. The molecule has 2 N–H and O–H groups in total. The third-order valence-electron chi connectivity index (χ3n) is 4.51. The summed E-state index contributed by atoms with van der Waals surface area (Å²) in [7, 11) is 1.81. The molecular formula is C16H23FN2O. The molecule has 2 rings (SSSR count). The summed E-state index contributed by atoms with van der Waals surface area (Å²) in [6, 6.07) is 4.54. The van der Waals surface area contributed by atoms with E-state index < -0.39 is 5.82 Å². The monoisotopic (exact) mass is 278 g/mol. The summed E-state index contributed by atoms with van der Waals surface area (Å²) in [5.74, 6) is 0.145. The number of nitrogens with two attached hydrogens (primary N) is 1. The first-order valence-electron chi connectivity index (χ1n) is 7.35. The van der Waals surface area contributed by atoms with Crippen LogP contribution in [0.3, 0.4) is 0 Å². The Morgan fingerprint density at radius 3 is 2.55 bits per heavy atom. The van der Waals surface area contributed by atoms with Crippen LogP contribution in [0.5, 0.6) is 0 Å². The molecule has 110 valence electrons. The molecule has 4 heteroatoms. The summed E-state index contributed by atoms with van der Waals surface area (Å²) in [5, 5.41) is 0. The van der Waals surface area contributed by atoms with Crippen LogP contribution in [0.4, 0.5) is 10.1 Å². The third-order valence-corrected chi connectivity index (χ3v) is 4.51. The van der Waals surface area contributed by atoms with E-state index >= 15 is 0 Å². The van der Waals surface area contributed by atoms with Crippen molar-refractivity contribution in [3.63, 3.8) is 0 Å². The van der Waals surface area contributed by atoms with Gasteiger partial charge in [0.15, 0.2) is 0 Å². The molecule has 1 aliphatic rings. The second kappa shape index (κ2) is 6.25. The Kier molecular flexibility index (Phi) is 4.63. The number of amides is 1. The average molecular weight is 278 g/mol. The molecule has 0 aromatic heterocycles. The summed E-state index contributed by atoms with van der Waals surface area (Å²) in [4.78, 5) is 14.1. The van der Waals surface area contributed by atoms with Gasteiger partial charge in [0.05, 0.1) is 5.69 Å². The third kappa shape index (κ3) is 3.11. The molecule has 0 bridgehead atoms. The van der Waals surface area contributed by atoms with Crippen LogP contribution in [0.25, 0.3) is 0 Å². The standard InChI is InChI=1S/C16H23FN2O/c1-3-11-4-7-13(8-5-11)19(2)16(20)12-6-9-15(18)14(17)10-12/h6,9-11,13H,3-5,7-8,18H2,1-2H3. The highest BCUT2D eigenvalue weighted by molar-refractivity contribution is 5.94. The first-order valence-corrected chi connectivity index (χ1v) is 7.35. The summed E-state index contributed by atoms with van der Waals surface area (Å²) >= 11 is 0. The molecule has 0 aliphatic heterocycles. The molecule has 1 aromatic carbocycles. The highest BCUT2D eigenvalue weighted by Gasteiger charge is 2.26. The minimum absolute atomic E-state index is 0.0765. The maximum atomic E-state index is 13.4. The lowest BCUT2D eigenvalue weighted by Gasteiger charge is -2.34. The lowest BCUT2D eigenvalue weighted by Crippen LogP contribution is -2.39. The topological polar surface area (TPSA) is 46.3 Å². The van der Waals surface area contributed by atoms with Gasteiger partial charge in [0.2, 0.25) is 0 Å². The molecule has 1 aromatic rings. The lowest BCUT2D eigenvalue weighted by molar-refractivity contribution is 0.0674. The number of carbonyl (C=O) groups is 1. The zero-order valence-corrected chi connectivity index (χ0v) is 12.2. The van der Waals surface area contributed by atoms with E-state index in [0.29, 0.717) is 5.56 Å². The molecule has 1 amide bonds. The molecule has 0 heterocycles. The predicted molar refractivity (Wildman–Crippen MR) is 78.9 cm³/mol. The molecule has 3 nitrogen and oxygen atoms in total. The Morgan fingerprint density at radius 2 is 2.00 bits per heavy atom. The van der Waals surface area contributed by atoms with E-state index in [1.807, 2.05) is 7.05 Å². The van der Waals surface area contributed by atoms with Gasteiger partial charge >= 0.3 is 0 Å². The maximum Gasteiger partial charge on any atom is 0.253 e. The van der Waals surface area contributed by atoms with Gasteiger partial charge in [-0.1, -0.05) is 13.3 Å². The molecule has 0 saturated heterocycles. The average Bonchev–Trinajstić information content (AvgIpc) is 2.48. The van der Waals surface area contributed by atoms with Crippen LogP contribution in [-0.2, 0) is 0 Å². The smallest absolute Gasteiger partial charge is 0.253 e. The van der Waals surface area contributed by atoms with Crippen molar-refractivity contribution in [2.75, 3.05) is 12.8 Å². The van der Waals surface area contributed by atoms with Gasteiger partial charge in [0.1, 0.15) is 5.82 Å². The quantitative estimate of drug-likeness (QED) is 0.861. The molecule has 0 atom stereocenters. The number of anilines is 1. The van der Waals surface area contributed by atoms with Gasteiger partial charge < -0.3 is 10.6 Å². The fraction of sp³-hybridized carbons (Fsp3) is 0.562. The van der Waals surface area contributed by atoms with Crippen LogP contribution < -0.4 is 5.73 Å². The van der Waals surface area contributed by atoms with E-state index in [-0.39, 0.29) is 17.6 Å². The van der Waals surface area contributed by atoms with Gasteiger partial charge in [-0.3, -0.25) is 4.79 Å². The molecule has 20 heavy (non-hydrogen) atoms. The number of nitrogen functional groups attached to an aromatic ring is 1. The zero-order valence-electron chi connectivity index (χ0n) is 12.2. The second-order valence-corrected chi connectivity index (χ2v) is 5.74. The van der Waals surface area contributed by atoms with Crippen LogP contribution in [0.2, 0.25) is 0 Å². The fourth-order valence-corrected chi connectivity index (χ4v) is 2.97. The van der Waals surface area contributed by atoms with Crippen LogP contribution in [0.15, 0.2) is 18.2 Å². The van der Waals surface area contributed by atoms with Gasteiger partial charge in [-0.2, -0.15) is 0 Å². The molecular weight excluding hydrogens is 255 g/mol. The van der Waals surface area contributed by atoms with Gasteiger partial charge in [0.25, 0.3) is 5.91 Å². The first kappa shape index (κ1) is 14.8. The number of rotatable bonds is 3. The highest BCUT2D eigenvalue weighted by Crippen LogP contribution is 2.29. The van der Waals surface area contributed by atoms with E-state index in [4.69, 9.17) is 5.73 Å². The van der Waals surface area contributed by atoms with Crippen molar-refractivity contribution >= 4 is 11.6 Å². The van der Waals surface area contributed by atoms with Crippen LogP contribution in [0, 0.1) is 11.7 Å². The minimum atomic E-state index is -0.529. The van der Waals surface area contributed by atoms with E-state index in [9.17, 15) is 9.18 Å². The van der Waals surface area contributed by atoms with Gasteiger partial charge in [0, 0.05) is 18.7 Å². The maximum absolute atomic E-state index is 13.4. The summed E-state index contributed by atoms with van der Waals surface area (Å²) in [6.07, 6.45) is 5.65. The van der Waals surface area contributed by atoms with Crippen LogP contribution >= 0.6 is 0 Å². The SMILES string of the molecule is CCC1CCC(N(C)C(=O)c2ccc(N)c(F)c2)CC1. The molecule has 0 unspecified atom stereocenters. The van der Waals surface area contributed by atoms with Crippen molar-refractivity contribution in [1.29, 1.82) is 0 Å². The number of hydrogen-bond acceptors (Lipinski definition) is 2. The van der Waals surface area contributed by atoms with Gasteiger partial charge in [-0.25, -0.2) is 4.39 Å². The van der Waals surface area contributed by atoms with Crippen LogP contribution in [-0.4, -0.2) is 23.9 Å². The minimum Gasteiger partial charge on any atom is -0.396 e. The molecule has 0 radical (unpaired) electrons. The largest absolute Gasteiger partial charge is 0.396 e. The van der Waals surface area contributed by atoms with Crippen molar-refractivity contribution in [1.82, 2.24) is 4.90 Å². The van der Waals surface area contributed by atoms with Crippen molar-refractivity contribution in [3.8, 4) is 0 Å². The van der Waals surface area contributed by atoms with Crippen molar-refractivity contribution in [3.05, 3.63) is 29.6 Å². The Hall–Kier alpha value is -1.58. The van der Waals surface area contributed by atoms with Gasteiger partial charge in [-0.05, 0) is 49.8 Å². The normalized spacial score (nSPS) is 22.6. The summed E-state index contributed by atoms with van der Waals surface area (Å²) in [5.41, 5.74) is 5.89. The Morgan fingerprint density at radius 1 is 1.35 bits per heavy atom. The summed E-state index contributed by atoms with van der Waals surface area (Å²) in [6.45, 7) is 2.22. The van der Waals surface area contributed by atoms with E-state index in [0.717, 1.165) is 18.8 Å². The Bertz CT molecular complexity index is 481. The molecule has 1 fully saturated rings. The highest BCUT2D eigenvalue weighted by atomic mass is 19.1. The summed E-state index contributed by atoms with van der Waals surface area (Å²) < 4.78 is 13.4. The van der Waals surface area contributed by atoms with E-state index in [1.165, 1.54) is 31.4 Å². The first-order chi connectivity index (χ1) is 9.52. The number of carbonyl (C=O) groups excluding carboxylic acids is 1. The molecule has 1 saturated carbocycles. The number of halogens is 1. The van der Waals surface area contributed by atoms with Crippen molar-refractivity contribution < 1.29 is 9.18 Å². The zero-order chi connectivity index (χ0) is 14.7. The van der Waals surface area contributed by atoms with E-state index in [2.05, 4.69) is 6.92 Å². The Labute approximate surface area is 120 Å². The number of hydrogen-bond donors (Lipinski definition) is 1. The second-order valence-electron chi connectivity index (χ2n) is 5.74. The van der Waals surface area contributed by atoms with Gasteiger partial charge in [-0.15, -0.1) is 0 Å².